The quantitative estimate of drug-likeness (QED) is 0.373. The Morgan fingerprint density at radius 1 is 1.03 bits per heavy atom. The van der Waals surface area contributed by atoms with Crippen molar-refractivity contribution >= 4 is 17.4 Å². The average molecular weight is 464 g/mol. The molecule has 0 saturated carbocycles. The van der Waals surface area contributed by atoms with Crippen LogP contribution in [0.5, 0.6) is 17.4 Å². The summed E-state index contributed by atoms with van der Waals surface area (Å²) in [5.41, 5.74) is 2.00. The minimum Gasteiger partial charge on any atom is -0.488 e. The third kappa shape index (κ3) is 6.96. The summed E-state index contributed by atoms with van der Waals surface area (Å²) < 4.78 is 17.3. The van der Waals surface area contributed by atoms with Crippen LogP contribution in [-0.2, 0) is 10.2 Å². The molecule has 0 spiro atoms. The van der Waals surface area contributed by atoms with Crippen molar-refractivity contribution in [3.8, 4) is 17.4 Å². The zero-order chi connectivity index (χ0) is 24.6. The number of urea groups is 1. The topological polar surface area (TPSA) is 81.7 Å². The van der Waals surface area contributed by atoms with Crippen molar-refractivity contribution in [2.45, 2.75) is 45.6 Å². The molecule has 0 fully saturated rings. The fourth-order valence-corrected chi connectivity index (χ4v) is 3.39. The number of hydrogen-bond donors (Lipinski definition) is 2. The highest BCUT2D eigenvalue weighted by Crippen LogP contribution is 2.35. The number of ether oxygens (including phenoxy) is 3. The number of aromatic nitrogens is 1. The molecule has 0 saturated heterocycles. The van der Waals surface area contributed by atoms with E-state index in [1.54, 1.807) is 37.6 Å². The van der Waals surface area contributed by atoms with Gasteiger partial charge in [-0.05, 0) is 42.2 Å². The van der Waals surface area contributed by atoms with Crippen LogP contribution in [0.2, 0.25) is 0 Å². The lowest BCUT2D eigenvalue weighted by Crippen LogP contribution is -2.22. The molecule has 3 aromatic rings. The van der Waals surface area contributed by atoms with Gasteiger partial charge in [-0.3, -0.25) is 0 Å². The van der Waals surface area contributed by atoms with E-state index in [1.807, 2.05) is 43.3 Å². The summed E-state index contributed by atoms with van der Waals surface area (Å²) in [5.74, 6) is 1.67. The molecule has 0 radical (unpaired) electrons. The van der Waals surface area contributed by atoms with E-state index in [4.69, 9.17) is 14.2 Å². The van der Waals surface area contributed by atoms with Crippen LogP contribution >= 0.6 is 0 Å². The number of pyridine rings is 1. The highest BCUT2D eigenvalue weighted by Gasteiger charge is 2.20. The standard InChI is InChI=1S/C27H33N3O4/c1-6-20(18-32-5)33-21-12-9-11-19(17-21)29-26(31)30-23-14-10-16-28-25(23)34-24-15-8-7-13-22(24)27(2,3)4/h7-17,20H,6,18H2,1-5H3,(H2,29,30,31). The minimum atomic E-state index is -0.414. The van der Waals surface area contributed by atoms with Crippen molar-refractivity contribution in [3.63, 3.8) is 0 Å². The van der Waals surface area contributed by atoms with Crippen LogP contribution in [0.25, 0.3) is 0 Å². The van der Waals surface area contributed by atoms with E-state index in [-0.39, 0.29) is 11.5 Å². The van der Waals surface area contributed by atoms with E-state index in [2.05, 4.69) is 36.4 Å². The fourth-order valence-electron chi connectivity index (χ4n) is 3.39. The molecule has 2 N–H and O–H groups in total. The van der Waals surface area contributed by atoms with Gasteiger partial charge in [-0.1, -0.05) is 52.0 Å². The summed E-state index contributed by atoms with van der Waals surface area (Å²) in [5, 5.41) is 5.67. The monoisotopic (exact) mass is 463 g/mol. The number of amides is 2. The summed E-state index contributed by atoms with van der Waals surface area (Å²) >= 11 is 0. The second-order valence-electron chi connectivity index (χ2n) is 8.91. The number of carbonyl (C=O) groups excluding carboxylic acids is 1. The van der Waals surface area contributed by atoms with Crippen molar-refractivity contribution in [1.29, 1.82) is 0 Å². The van der Waals surface area contributed by atoms with Crippen LogP contribution in [0, 0.1) is 0 Å². The van der Waals surface area contributed by atoms with Gasteiger partial charge in [0, 0.05) is 30.6 Å². The molecular formula is C27H33N3O4. The molecule has 1 heterocycles. The lowest BCUT2D eigenvalue weighted by molar-refractivity contribution is 0.0788. The molecule has 180 valence electrons. The second-order valence-corrected chi connectivity index (χ2v) is 8.91. The zero-order valence-corrected chi connectivity index (χ0v) is 20.4. The molecular weight excluding hydrogens is 430 g/mol. The predicted molar refractivity (Wildman–Crippen MR) is 135 cm³/mol. The van der Waals surface area contributed by atoms with Gasteiger partial charge in [0.05, 0.1) is 6.61 Å². The van der Waals surface area contributed by atoms with E-state index in [0.29, 0.717) is 35.4 Å². The summed E-state index contributed by atoms with van der Waals surface area (Å²) in [6.07, 6.45) is 2.39. The van der Waals surface area contributed by atoms with Crippen molar-refractivity contribution in [1.82, 2.24) is 4.98 Å². The van der Waals surface area contributed by atoms with Crippen LogP contribution in [0.3, 0.4) is 0 Å². The molecule has 0 aliphatic rings. The normalized spacial score (nSPS) is 12.0. The molecule has 2 aromatic carbocycles. The molecule has 2 amide bonds. The number of benzene rings is 2. The molecule has 3 rings (SSSR count). The van der Waals surface area contributed by atoms with E-state index in [1.165, 1.54) is 0 Å². The number of anilines is 2. The van der Waals surface area contributed by atoms with Gasteiger partial charge in [0.15, 0.2) is 0 Å². The van der Waals surface area contributed by atoms with Crippen LogP contribution < -0.4 is 20.1 Å². The first-order valence-corrected chi connectivity index (χ1v) is 11.4. The Hall–Kier alpha value is -3.58. The van der Waals surface area contributed by atoms with Crippen molar-refractivity contribution < 1.29 is 19.0 Å². The Bertz CT molecular complexity index is 1090. The molecule has 0 aliphatic carbocycles. The molecule has 34 heavy (non-hydrogen) atoms. The third-order valence-corrected chi connectivity index (χ3v) is 5.12. The summed E-state index contributed by atoms with van der Waals surface area (Å²) in [6.45, 7) is 8.89. The molecule has 1 aromatic heterocycles. The average Bonchev–Trinajstić information content (AvgIpc) is 2.80. The SMILES string of the molecule is CCC(COC)Oc1cccc(NC(=O)Nc2cccnc2Oc2ccccc2C(C)(C)C)c1. The maximum Gasteiger partial charge on any atom is 0.323 e. The van der Waals surface area contributed by atoms with Crippen molar-refractivity contribution in [2.75, 3.05) is 24.4 Å². The van der Waals surface area contributed by atoms with Gasteiger partial charge in [-0.15, -0.1) is 0 Å². The lowest BCUT2D eigenvalue weighted by atomic mass is 9.86. The minimum absolute atomic E-state index is 0.0554. The fraction of sp³-hybridized carbons (Fsp3) is 0.333. The number of hydrogen-bond acceptors (Lipinski definition) is 5. The Labute approximate surface area is 201 Å². The second kappa shape index (κ2) is 11.5. The predicted octanol–water partition coefficient (Wildman–Crippen LogP) is 6.62. The third-order valence-electron chi connectivity index (χ3n) is 5.12. The number of carbonyl (C=O) groups is 1. The Morgan fingerprint density at radius 3 is 2.56 bits per heavy atom. The van der Waals surface area contributed by atoms with Gasteiger partial charge in [0.1, 0.15) is 23.3 Å². The molecule has 7 heteroatoms. The zero-order valence-electron chi connectivity index (χ0n) is 20.4. The largest absolute Gasteiger partial charge is 0.488 e. The van der Waals surface area contributed by atoms with Crippen LogP contribution in [-0.4, -0.2) is 30.8 Å². The maximum absolute atomic E-state index is 12.7. The van der Waals surface area contributed by atoms with Gasteiger partial charge in [0.2, 0.25) is 5.88 Å². The van der Waals surface area contributed by atoms with Crippen LogP contribution in [0.15, 0.2) is 66.9 Å². The number of nitrogens with zero attached hydrogens (tertiary/aromatic N) is 1. The van der Waals surface area contributed by atoms with Crippen LogP contribution in [0.4, 0.5) is 16.2 Å². The van der Waals surface area contributed by atoms with Crippen LogP contribution in [0.1, 0.15) is 39.7 Å². The number of para-hydroxylation sites is 1. The highest BCUT2D eigenvalue weighted by atomic mass is 16.5. The summed E-state index contributed by atoms with van der Waals surface area (Å²) in [6, 6.07) is 18.1. The van der Waals surface area contributed by atoms with Crippen molar-refractivity contribution in [2.24, 2.45) is 0 Å². The molecule has 7 nitrogen and oxygen atoms in total. The summed E-state index contributed by atoms with van der Waals surface area (Å²) in [7, 11) is 1.65. The molecule has 0 aliphatic heterocycles. The number of methoxy groups -OCH3 is 1. The molecule has 1 unspecified atom stereocenters. The smallest absolute Gasteiger partial charge is 0.323 e. The highest BCUT2D eigenvalue weighted by molar-refractivity contribution is 6.00. The lowest BCUT2D eigenvalue weighted by Gasteiger charge is -2.22. The van der Waals surface area contributed by atoms with E-state index >= 15 is 0 Å². The first-order valence-electron chi connectivity index (χ1n) is 11.4. The van der Waals surface area contributed by atoms with Gasteiger partial charge in [-0.2, -0.15) is 0 Å². The number of rotatable bonds is 9. The van der Waals surface area contributed by atoms with Gasteiger partial charge >= 0.3 is 6.03 Å². The van der Waals surface area contributed by atoms with E-state index in [0.717, 1.165) is 12.0 Å². The van der Waals surface area contributed by atoms with Gasteiger partial charge in [-0.25, -0.2) is 9.78 Å². The summed E-state index contributed by atoms with van der Waals surface area (Å²) in [4.78, 5) is 17.1. The Morgan fingerprint density at radius 2 is 1.82 bits per heavy atom. The Kier molecular flexibility index (Phi) is 8.49. The van der Waals surface area contributed by atoms with E-state index in [9.17, 15) is 4.79 Å². The maximum atomic E-state index is 12.7. The molecule has 1 atom stereocenters. The Balaban J connectivity index is 1.71. The van der Waals surface area contributed by atoms with Gasteiger partial charge in [0.25, 0.3) is 0 Å². The van der Waals surface area contributed by atoms with Crippen molar-refractivity contribution in [3.05, 3.63) is 72.4 Å². The first-order chi connectivity index (χ1) is 16.3. The van der Waals surface area contributed by atoms with E-state index < -0.39 is 6.03 Å². The van der Waals surface area contributed by atoms with Gasteiger partial charge < -0.3 is 24.8 Å². The number of nitrogens with one attached hydrogen (secondary N) is 2. The molecule has 0 bridgehead atoms. The first kappa shape index (κ1) is 25.1.